The third-order valence-corrected chi connectivity index (χ3v) is 5.79. The Morgan fingerprint density at radius 2 is 1.80 bits per heavy atom. The number of rotatable bonds is 3. The first-order valence-electron chi connectivity index (χ1n) is 9.47. The SMILES string of the molecule is CN=C(NCC1(C)CCCC1)N1CCN(C(=O)C2CCCO2)CC1.I. The summed E-state index contributed by atoms with van der Waals surface area (Å²) < 4.78 is 5.53. The van der Waals surface area contributed by atoms with E-state index in [1.165, 1.54) is 25.7 Å². The lowest BCUT2D eigenvalue weighted by atomic mass is 9.89. The molecule has 0 bridgehead atoms. The summed E-state index contributed by atoms with van der Waals surface area (Å²) in [5.41, 5.74) is 0.410. The maximum atomic E-state index is 12.4. The van der Waals surface area contributed by atoms with Gasteiger partial charge in [0.1, 0.15) is 6.10 Å². The average molecular weight is 464 g/mol. The van der Waals surface area contributed by atoms with Crippen molar-refractivity contribution < 1.29 is 9.53 Å². The second-order valence-electron chi connectivity index (χ2n) is 7.73. The molecule has 3 aliphatic rings. The molecule has 144 valence electrons. The van der Waals surface area contributed by atoms with E-state index in [0.717, 1.165) is 58.1 Å². The molecular weight excluding hydrogens is 431 g/mol. The smallest absolute Gasteiger partial charge is 0.251 e. The van der Waals surface area contributed by atoms with Crippen LogP contribution in [-0.4, -0.2) is 74.1 Å². The van der Waals surface area contributed by atoms with Crippen LogP contribution in [0.1, 0.15) is 45.4 Å². The van der Waals surface area contributed by atoms with E-state index in [2.05, 4.69) is 22.1 Å². The Morgan fingerprint density at radius 3 is 2.36 bits per heavy atom. The lowest BCUT2D eigenvalue weighted by Crippen LogP contribution is -2.56. The zero-order chi connectivity index (χ0) is 17.0. The summed E-state index contributed by atoms with van der Waals surface area (Å²) in [4.78, 5) is 21.1. The van der Waals surface area contributed by atoms with Gasteiger partial charge in [0.25, 0.3) is 5.91 Å². The molecule has 1 amide bonds. The summed E-state index contributed by atoms with van der Waals surface area (Å²) in [6.45, 7) is 7.30. The van der Waals surface area contributed by atoms with Gasteiger partial charge >= 0.3 is 0 Å². The molecule has 3 rings (SSSR count). The standard InChI is InChI=1S/C18H32N4O2.HI/c1-18(7-3-4-8-18)14-20-17(19-2)22-11-9-21(10-12-22)16(23)15-6-5-13-24-15;/h15H,3-14H2,1-2H3,(H,19,20);1H. The fourth-order valence-corrected chi connectivity index (χ4v) is 4.14. The minimum absolute atomic E-state index is 0. The molecule has 1 saturated carbocycles. The van der Waals surface area contributed by atoms with Crippen LogP contribution in [0.2, 0.25) is 0 Å². The van der Waals surface area contributed by atoms with E-state index in [4.69, 9.17) is 4.74 Å². The van der Waals surface area contributed by atoms with Crippen molar-refractivity contribution in [2.24, 2.45) is 10.4 Å². The normalized spacial score (nSPS) is 26.5. The minimum atomic E-state index is -0.198. The summed E-state index contributed by atoms with van der Waals surface area (Å²) in [5.74, 6) is 1.15. The van der Waals surface area contributed by atoms with E-state index in [-0.39, 0.29) is 36.0 Å². The van der Waals surface area contributed by atoms with Crippen LogP contribution in [0.4, 0.5) is 0 Å². The fraction of sp³-hybridized carbons (Fsp3) is 0.889. The molecule has 3 fully saturated rings. The number of carbonyl (C=O) groups is 1. The molecule has 0 spiro atoms. The van der Waals surface area contributed by atoms with Gasteiger partial charge in [-0.1, -0.05) is 19.8 Å². The molecule has 0 aromatic rings. The van der Waals surface area contributed by atoms with Gasteiger partial charge in [0.05, 0.1) is 0 Å². The van der Waals surface area contributed by atoms with E-state index < -0.39 is 0 Å². The zero-order valence-electron chi connectivity index (χ0n) is 15.6. The number of ether oxygens (including phenoxy) is 1. The summed E-state index contributed by atoms with van der Waals surface area (Å²) in [6.07, 6.45) is 6.99. The third-order valence-electron chi connectivity index (χ3n) is 5.79. The van der Waals surface area contributed by atoms with E-state index in [0.29, 0.717) is 5.41 Å². The first-order valence-corrected chi connectivity index (χ1v) is 9.47. The molecule has 25 heavy (non-hydrogen) atoms. The maximum Gasteiger partial charge on any atom is 0.251 e. The van der Waals surface area contributed by atoms with Crippen molar-refractivity contribution >= 4 is 35.8 Å². The Morgan fingerprint density at radius 1 is 1.16 bits per heavy atom. The topological polar surface area (TPSA) is 57.2 Å². The zero-order valence-corrected chi connectivity index (χ0v) is 18.0. The second-order valence-corrected chi connectivity index (χ2v) is 7.73. The van der Waals surface area contributed by atoms with Gasteiger partial charge in [0, 0.05) is 46.4 Å². The van der Waals surface area contributed by atoms with Crippen molar-refractivity contribution in [1.82, 2.24) is 15.1 Å². The summed E-state index contributed by atoms with van der Waals surface area (Å²) in [7, 11) is 1.85. The molecule has 0 aromatic heterocycles. The predicted molar refractivity (Wildman–Crippen MR) is 110 cm³/mol. The Bertz CT molecular complexity index is 466. The van der Waals surface area contributed by atoms with Gasteiger partial charge in [-0.05, 0) is 31.1 Å². The molecular formula is C18H33IN4O2. The molecule has 1 unspecified atom stereocenters. The number of halogens is 1. The molecule has 7 heteroatoms. The molecule has 0 aromatic carbocycles. The van der Waals surface area contributed by atoms with Crippen molar-refractivity contribution in [3.8, 4) is 0 Å². The van der Waals surface area contributed by atoms with Crippen molar-refractivity contribution in [3.05, 3.63) is 0 Å². The Kier molecular flexibility index (Phi) is 7.79. The highest BCUT2D eigenvalue weighted by Gasteiger charge is 2.32. The maximum absolute atomic E-state index is 12.4. The monoisotopic (exact) mass is 464 g/mol. The number of hydrogen-bond acceptors (Lipinski definition) is 3. The van der Waals surface area contributed by atoms with Gasteiger partial charge in [-0.3, -0.25) is 9.79 Å². The predicted octanol–water partition coefficient (Wildman–Crippen LogP) is 2.08. The number of nitrogens with zero attached hydrogens (tertiary/aromatic N) is 3. The third kappa shape index (κ3) is 5.21. The summed E-state index contributed by atoms with van der Waals surface area (Å²) in [6, 6.07) is 0. The number of amides is 1. The van der Waals surface area contributed by atoms with Crippen molar-refractivity contribution in [2.75, 3.05) is 46.4 Å². The number of nitrogens with one attached hydrogen (secondary N) is 1. The van der Waals surface area contributed by atoms with E-state index in [1.54, 1.807) is 0 Å². The highest BCUT2D eigenvalue weighted by atomic mass is 127. The second kappa shape index (κ2) is 9.39. The first-order chi connectivity index (χ1) is 11.6. The molecule has 2 aliphatic heterocycles. The number of hydrogen-bond donors (Lipinski definition) is 1. The highest BCUT2D eigenvalue weighted by molar-refractivity contribution is 14.0. The van der Waals surface area contributed by atoms with Crippen LogP contribution in [0.15, 0.2) is 4.99 Å². The molecule has 1 N–H and O–H groups in total. The molecule has 2 heterocycles. The van der Waals surface area contributed by atoms with Gasteiger partial charge < -0.3 is 19.9 Å². The highest BCUT2D eigenvalue weighted by Crippen LogP contribution is 2.36. The summed E-state index contributed by atoms with van der Waals surface area (Å²) >= 11 is 0. The van der Waals surface area contributed by atoms with E-state index in [1.807, 2.05) is 11.9 Å². The number of guanidine groups is 1. The van der Waals surface area contributed by atoms with Crippen molar-refractivity contribution in [1.29, 1.82) is 0 Å². The summed E-state index contributed by atoms with van der Waals surface area (Å²) in [5, 5.41) is 3.57. The molecule has 1 aliphatic carbocycles. The Hall–Kier alpha value is -0.570. The van der Waals surface area contributed by atoms with Gasteiger partial charge in [0.2, 0.25) is 0 Å². The van der Waals surface area contributed by atoms with Gasteiger partial charge in [0.15, 0.2) is 5.96 Å². The molecule has 2 saturated heterocycles. The number of aliphatic imine (C=N–C) groups is 1. The van der Waals surface area contributed by atoms with Crippen LogP contribution < -0.4 is 5.32 Å². The van der Waals surface area contributed by atoms with Crippen LogP contribution in [0.3, 0.4) is 0 Å². The first kappa shape index (κ1) is 20.7. The van der Waals surface area contributed by atoms with Crippen LogP contribution in [0.25, 0.3) is 0 Å². The van der Waals surface area contributed by atoms with Gasteiger partial charge in [-0.15, -0.1) is 24.0 Å². The largest absolute Gasteiger partial charge is 0.368 e. The minimum Gasteiger partial charge on any atom is -0.368 e. The van der Waals surface area contributed by atoms with Crippen molar-refractivity contribution in [2.45, 2.75) is 51.6 Å². The quantitative estimate of drug-likeness (QED) is 0.395. The van der Waals surface area contributed by atoms with Gasteiger partial charge in [-0.2, -0.15) is 0 Å². The number of piperazine rings is 1. The van der Waals surface area contributed by atoms with Crippen LogP contribution in [0.5, 0.6) is 0 Å². The van der Waals surface area contributed by atoms with E-state index in [9.17, 15) is 4.79 Å². The Balaban J connectivity index is 0.00000225. The average Bonchev–Trinajstić information content (AvgIpc) is 3.27. The molecule has 6 nitrogen and oxygen atoms in total. The fourth-order valence-electron chi connectivity index (χ4n) is 4.14. The Labute approximate surface area is 168 Å². The lowest BCUT2D eigenvalue weighted by Gasteiger charge is -2.38. The van der Waals surface area contributed by atoms with Gasteiger partial charge in [-0.25, -0.2) is 0 Å². The van der Waals surface area contributed by atoms with Crippen LogP contribution in [0, 0.1) is 5.41 Å². The van der Waals surface area contributed by atoms with Crippen LogP contribution in [-0.2, 0) is 9.53 Å². The lowest BCUT2D eigenvalue weighted by molar-refractivity contribution is -0.142. The molecule has 1 atom stereocenters. The molecule has 0 radical (unpaired) electrons. The van der Waals surface area contributed by atoms with Crippen molar-refractivity contribution in [3.63, 3.8) is 0 Å². The van der Waals surface area contributed by atoms with E-state index >= 15 is 0 Å². The number of carbonyl (C=O) groups excluding carboxylic acids is 1. The van der Waals surface area contributed by atoms with Crippen LogP contribution >= 0.6 is 24.0 Å².